The fourth-order valence-corrected chi connectivity index (χ4v) is 4.05. The van der Waals surface area contributed by atoms with E-state index < -0.39 is 0 Å². The summed E-state index contributed by atoms with van der Waals surface area (Å²) in [7, 11) is 0. The first-order valence-electron chi connectivity index (χ1n) is 9.88. The van der Waals surface area contributed by atoms with Gasteiger partial charge in [0.1, 0.15) is 0 Å². The lowest BCUT2D eigenvalue weighted by molar-refractivity contribution is -0.133. The lowest BCUT2D eigenvalue weighted by atomic mass is 9.86. The van der Waals surface area contributed by atoms with Gasteiger partial charge in [0.15, 0.2) is 0 Å². The standard InChI is InChI=1S/C23H30N2O/c1-2-23(26)25(16-7-6-11-18-9-4-3-5-10-18)20-14-15-21-19(17-20)12-8-13-22(21)24/h3-5,8-10,12-13,20H,2,6-7,11,14-17,24H2,1H3. The molecule has 3 nitrogen and oxygen atoms in total. The Morgan fingerprint density at radius 3 is 2.69 bits per heavy atom. The van der Waals surface area contributed by atoms with Crippen molar-refractivity contribution in [2.24, 2.45) is 0 Å². The van der Waals surface area contributed by atoms with Crippen LogP contribution >= 0.6 is 0 Å². The molecular weight excluding hydrogens is 320 g/mol. The Morgan fingerprint density at radius 2 is 1.92 bits per heavy atom. The Bertz CT molecular complexity index is 726. The van der Waals surface area contributed by atoms with E-state index in [-0.39, 0.29) is 5.91 Å². The van der Waals surface area contributed by atoms with Crippen LogP contribution in [-0.2, 0) is 24.1 Å². The molecule has 3 heteroatoms. The first kappa shape index (κ1) is 18.5. The van der Waals surface area contributed by atoms with Crippen molar-refractivity contribution in [1.82, 2.24) is 4.90 Å². The van der Waals surface area contributed by atoms with E-state index in [1.165, 1.54) is 16.7 Å². The molecular formula is C23H30N2O. The van der Waals surface area contributed by atoms with Crippen molar-refractivity contribution in [3.05, 3.63) is 65.2 Å². The van der Waals surface area contributed by atoms with Gasteiger partial charge in [-0.25, -0.2) is 0 Å². The van der Waals surface area contributed by atoms with Crippen LogP contribution in [0.4, 0.5) is 5.69 Å². The number of hydrogen-bond donors (Lipinski definition) is 1. The molecule has 0 aliphatic heterocycles. The first-order chi connectivity index (χ1) is 12.7. The highest BCUT2D eigenvalue weighted by atomic mass is 16.2. The minimum atomic E-state index is 0.280. The molecule has 0 radical (unpaired) electrons. The molecule has 1 amide bonds. The summed E-state index contributed by atoms with van der Waals surface area (Å²) in [6, 6.07) is 17.1. The van der Waals surface area contributed by atoms with Crippen LogP contribution in [0.1, 0.15) is 49.3 Å². The molecule has 138 valence electrons. The van der Waals surface area contributed by atoms with Gasteiger partial charge in [0.05, 0.1) is 0 Å². The fourth-order valence-electron chi connectivity index (χ4n) is 4.05. The topological polar surface area (TPSA) is 46.3 Å². The van der Waals surface area contributed by atoms with Gasteiger partial charge in [-0.15, -0.1) is 0 Å². The summed E-state index contributed by atoms with van der Waals surface area (Å²) >= 11 is 0. The second-order valence-corrected chi connectivity index (χ2v) is 7.26. The monoisotopic (exact) mass is 350 g/mol. The normalized spacial score (nSPS) is 16.1. The molecule has 2 aromatic carbocycles. The molecule has 26 heavy (non-hydrogen) atoms. The maximum atomic E-state index is 12.6. The van der Waals surface area contributed by atoms with Crippen molar-refractivity contribution in [3.8, 4) is 0 Å². The third kappa shape index (κ3) is 4.46. The first-order valence-corrected chi connectivity index (χ1v) is 9.88. The van der Waals surface area contributed by atoms with E-state index in [0.29, 0.717) is 12.5 Å². The average Bonchev–Trinajstić information content (AvgIpc) is 2.68. The number of anilines is 1. The third-order valence-corrected chi connectivity index (χ3v) is 5.51. The molecule has 0 saturated carbocycles. The van der Waals surface area contributed by atoms with Crippen LogP contribution in [0.5, 0.6) is 0 Å². The highest BCUT2D eigenvalue weighted by Crippen LogP contribution is 2.29. The summed E-state index contributed by atoms with van der Waals surface area (Å²) in [6.07, 6.45) is 6.77. The number of amides is 1. The van der Waals surface area contributed by atoms with E-state index >= 15 is 0 Å². The van der Waals surface area contributed by atoms with Crippen molar-refractivity contribution in [3.63, 3.8) is 0 Å². The number of nitrogens with zero attached hydrogens (tertiary/aromatic N) is 1. The molecule has 1 unspecified atom stereocenters. The van der Waals surface area contributed by atoms with Crippen molar-refractivity contribution in [2.45, 2.75) is 57.9 Å². The molecule has 2 aromatic rings. The van der Waals surface area contributed by atoms with Crippen LogP contribution in [-0.4, -0.2) is 23.4 Å². The van der Waals surface area contributed by atoms with E-state index in [2.05, 4.69) is 41.3 Å². The van der Waals surface area contributed by atoms with Crippen LogP contribution < -0.4 is 5.73 Å². The number of carbonyl (C=O) groups is 1. The van der Waals surface area contributed by atoms with Crippen LogP contribution in [0.25, 0.3) is 0 Å². The molecule has 0 heterocycles. The SMILES string of the molecule is CCC(=O)N(CCCCc1ccccc1)C1CCc2c(N)cccc2C1. The molecule has 2 N–H and O–H groups in total. The Morgan fingerprint density at radius 1 is 1.12 bits per heavy atom. The lowest BCUT2D eigenvalue weighted by Gasteiger charge is -2.35. The van der Waals surface area contributed by atoms with E-state index in [9.17, 15) is 4.79 Å². The smallest absolute Gasteiger partial charge is 0.222 e. The largest absolute Gasteiger partial charge is 0.398 e. The zero-order chi connectivity index (χ0) is 18.4. The molecule has 0 aromatic heterocycles. The minimum Gasteiger partial charge on any atom is -0.398 e. The molecule has 0 spiro atoms. The Labute approximate surface area is 157 Å². The quantitative estimate of drug-likeness (QED) is 0.595. The average molecular weight is 351 g/mol. The molecule has 1 aliphatic rings. The summed E-state index contributed by atoms with van der Waals surface area (Å²) in [4.78, 5) is 14.7. The van der Waals surface area contributed by atoms with Gasteiger partial charge in [-0.3, -0.25) is 4.79 Å². The van der Waals surface area contributed by atoms with Crippen molar-refractivity contribution in [1.29, 1.82) is 0 Å². The molecule has 1 aliphatic carbocycles. The van der Waals surface area contributed by atoms with Crippen LogP contribution in [0.15, 0.2) is 48.5 Å². The summed E-state index contributed by atoms with van der Waals surface area (Å²) < 4.78 is 0. The second kappa shape index (κ2) is 8.88. The van der Waals surface area contributed by atoms with Gasteiger partial charge < -0.3 is 10.6 Å². The Balaban J connectivity index is 1.59. The number of unbranched alkanes of at least 4 members (excludes halogenated alkanes) is 1. The number of fused-ring (bicyclic) bond motifs is 1. The predicted molar refractivity (Wildman–Crippen MR) is 108 cm³/mol. The third-order valence-electron chi connectivity index (χ3n) is 5.51. The number of nitrogens with two attached hydrogens (primary N) is 1. The number of rotatable bonds is 7. The van der Waals surface area contributed by atoms with Crippen molar-refractivity contribution < 1.29 is 4.79 Å². The summed E-state index contributed by atoms with van der Waals surface area (Å²) in [5.41, 5.74) is 11.0. The number of aryl methyl sites for hydroxylation is 1. The van der Waals surface area contributed by atoms with Gasteiger partial charge in [-0.1, -0.05) is 49.4 Å². The highest BCUT2D eigenvalue weighted by Gasteiger charge is 2.27. The second-order valence-electron chi connectivity index (χ2n) is 7.26. The highest BCUT2D eigenvalue weighted by molar-refractivity contribution is 5.76. The van der Waals surface area contributed by atoms with E-state index in [0.717, 1.165) is 50.8 Å². The molecule has 0 saturated heterocycles. The zero-order valence-electron chi connectivity index (χ0n) is 15.8. The van der Waals surface area contributed by atoms with Gasteiger partial charge >= 0.3 is 0 Å². The number of benzene rings is 2. The van der Waals surface area contributed by atoms with E-state index in [1.807, 2.05) is 19.1 Å². The zero-order valence-corrected chi connectivity index (χ0v) is 15.8. The number of nitrogen functional groups attached to an aromatic ring is 1. The van der Waals surface area contributed by atoms with E-state index in [4.69, 9.17) is 5.73 Å². The fraction of sp³-hybridized carbons (Fsp3) is 0.435. The van der Waals surface area contributed by atoms with Crippen molar-refractivity contribution >= 4 is 11.6 Å². The Hall–Kier alpha value is -2.29. The summed E-state index contributed by atoms with van der Waals surface area (Å²) in [5.74, 6) is 0.280. The number of carbonyl (C=O) groups excluding carboxylic acids is 1. The molecule has 3 rings (SSSR count). The summed E-state index contributed by atoms with van der Waals surface area (Å²) in [6.45, 7) is 2.83. The van der Waals surface area contributed by atoms with Gasteiger partial charge in [-0.2, -0.15) is 0 Å². The minimum absolute atomic E-state index is 0.280. The summed E-state index contributed by atoms with van der Waals surface area (Å²) in [5, 5.41) is 0. The Kier molecular flexibility index (Phi) is 6.32. The maximum absolute atomic E-state index is 12.6. The van der Waals surface area contributed by atoms with Crippen molar-refractivity contribution in [2.75, 3.05) is 12.3 Å². The molecule has 0 fully saturated rings. The lowest BCUT2D eigenvalue weighted by Crippen LogP contribution is -2.43. The van der Waals surface area contributed by atoms with Crippen LogP contribution in [0, 0.1) is 0 Å². The van der Waals surface area contributed by atoms with Gasteiger partial charge in [0.2, 0.25) is 5.91 Å². The predicted octanol–water partition coefficient (Wildman–Crippen LogP) is 4.39. The molecule has 0 bridgehead atoms. The van der Waals surface area contributed by atoms with E-state index in [1.54, 1.807) is 0 Å². The van der Waals surface area contributed by atoms with Gasteiger partial charge in [0.25, 0.3) is 0 Å². The number of hydrogen-bond acceptors (Lipinski definition) is 2. The van der Waals surface area contributed by atoms with Gasteiger partial charge in [0, 0.05) is 24.7 Å². The van der Waals surface area contributed by atoms with Crippen LogP contribution in [0.3, 0.4) is 0 Å². The molecule has 1 atom stereocenters. The van der Waals surface area contributed by atoms with Crippen LogP contribution in [0.2, 0.25) is 0 Å². The maximum Gasteiger partial charge on any atom is 0.222 e. The van der Waals surface area contributed by atoms with Gasteiger partial charge in [-0.05, 0) is 61.3 Å².